The number of carbonyl (C=O) groups is 2. The minimum absolute atomic E-state index is 0.0793. The van der Waals surface area contributed by atoms with E-state index in [1.807, 2.05) is 0 Å². The molecule has 102 valence electrons. The van der Waals surface area contributed by atoms with Crippen molar-refractivity contribution in [2.45, 2.75) is 37.6 Å². The van der Waals surface area contributed by atoms with Gasteiger partial charge in [0.15, 0.2) is 0 Å². The van der Waals surface area contributed by atoms with Crippen molar-refractivity contribution in [1.29, 1.82) is 0 Å². The summed E-state index contributed by atoms with van der Waals surface area (Å²) in [4.78, 5) is 22.8. The van der Waals surface area contributed by atoms with Gasteiger partial charge in [-0.25, -0.2) is 9.18 Å². The number of halogens is 1. The summed E-state index contributed by atoms with van der Waals surface area (Å²) in [6, 6.07) is 6.29. The highest BCUT2D eigenvalue weighted by molar-refractivity contribution is 5.89. The fourth-order valence-corrected chi connectivity index (χ4v) is 2.10. The molecule has 1 aliphatic carbocycles. The first-order valence-electron chi connectivity index (χ1n) is 6.23. The third-order valence-corrected chi connectivity index (χ3v) is 3.47. The molecule has 2 rings (SSSR count). The predicted molar refractivity (Wildman–Crippen MR) is 67.2 cm³/mol. The summed E-state index contributed by atoms with van der Waals surface area (Å²) in [5.41, 5.74) is -0.607. The highest BCUT2D eigenvalue weighted by Gasteiger charge is 2.51. The van der Waals surface area contributed by atoms with Crippen molar-refractivity contribution in [3.05, 3.63) is 35.6 Å². The van der Waals surface area contributed by atoms with Crippen molar-refractivity contribution < 1.29 is 19.1 Å². The molecule has 0 aromatic heterocycles. The number of benzene rings is 1. The van der Waals surface area contributed by atoms with Gasteiger partial charge >= 0.3 is 5.97 Å². The molecule has 0 spiro atoms. The molecule has 1 aromatic carbocycles. The Labute approximate surface area is 110 Å². The zero-order chi connectivity index (χ0) is 14.0. The van der Waals surface area contributed by atoms with Gasteiger partial charge in [-0.3, -0.25) is 4.79 Å². The van der Waals surface area contributed by atoms with E-state index in [0.717, 1.165) is 0 Å². The lowest BCUT2D eigenvalue weighted by Gasteiger charge is -2.16. The minimum Gasteiger partial charge on any atom is -0.480 e. The van der Waals surface area contributed by atoms with E-state index in [1.165, 1.54) is 6.07 Å². The molecule has 0 heterocycles. The van der Waals surface area contributed by atoms with Crippen LogP contribution in [0.1, 0.15) is 37.7 Å². The molecule has 0 saturated heterocycles. The van der Waals surface area contributed by atoms with Crippen LogP contribution in [0.2, 0.25) is 0 Å². The molecule has 1 fully saturated rings. The Kier molecular flexibility index (Phi) is 3.55. The highest BCUT2D eigenvalue weighted by atomic mass is 19.1. The summed E-state index contributed by atoms with van der Waals surface area (Å²) < 4.78 is 13.5. The lowest BCUT2D eigenvalue weighted by molar-refractivity contribution is -0.143. The largest absolute Gasteiger partial charge is 0.480 e. The molecular weight excluding hydrogens is 249 g/mol. The van der Waals surface area contributed by atoms with Crippen LogP contribution >= 0.6 is 0 Å². The molecule has 0 aliphatic heterocycles. The molecule has 19 heavy (non-hydrogen) atoms. The second kappa shape index (κ2) is 4.99. The monoisotopic (exact) mass is 265 g/mol. The second-order valence-electron chi connectivity index (χ2n) is 5.06. The number of carboxylic acid groups (broad SMARTS) is 1. The Balaban J connectivity index is 1.96. The molecule has 1 atom stereocenters. The molecule has 0 radical (unpaired) electrons. The quantitative estimate of drug-likeness (QED) is 0.856. The van der Waals surface area contributed by atoms with Crippen LogP contribution in [-0.2, 0) is 9.59 Å². The van der Waals surface area contributed by atoms with Gasteiger partial charge in [0.05, 0.1) is 0 Å². The van der Waals surface area contributed by atoms with E-state index in [-0.39, 0.29) is 24.1 Å². The highest BCUT2D eigenvalue weighted by Crippen LogP contribution is 2.36. The van der Waals surface area contributed by atoms with Crippen molar-refractivity contribution in [2.24, 2.45) is 0 Å². The fraction of sp³-hybridized carbons (Fsp3) is 0.429. The van der Waals surface area contributed by atoms with E-state index in [4.69, 9.17) is 5.11 Å². The summed E-state index contributed by atoms with van der Waals surface area (Å²) in [6.07, 6.45) is 1.00. The SMILES string of the molecule is CC(CC(=O)NC1(C(=O)O)CC1)c1ccccc1F. The maximum absolute atomic E-state index is 13.5. The minimum atomic E-state index is -1.08. The third-order valence-electron chi connectivity index (χ3n) is 3.47. The molecule has 1 unspecified atom stereocenters. The number of amides is 1. The molecule has 2 N–H and O–H groups in total. The number of aliphatic carboxylic acids is 1. The Morgan fingerprint density at radius 1 is 1.42 bits per heavy atom. The van der Waals surface area contributed by atoms with E-state index < -0.39 is 11.5 Å². The first kappa shape index (κ1) is 13.5. The van der Waals surface area contributed by atoms with E-state index in [9.17, 15) is 14.0 Å². The maximum Gasteiger partial charge on any atom is 0.329 e. The summed E-state index contributed by atoms with van der Waals surface area (Å²) in [7, 11) is 0. The second-order valence-corrected chi connectivity index (χ2v) is 5.06. The van der Waals surface area contributed by atoms with Gasteiger partial charge in [-0.15, -0.1) is 0 Å². The van der Waals surface area contributed by atoms with Gasteiger partial charge in [0.2, 0.25) is 5.91 Å². The zero-order valence-electron chi connectivity index (χ0n) is 10.6. The number of carbonyl (C=O) groups excluding carboxylic acids is 1. The van der Waals surface area contributed by atoms with Gasteiger partial charge < -0.3 is 10.4 Å². The van der Waals surface area contributed by atoms with Crippen molar-refractivity contribution >= 4 is 11.9 Å². The normalized spacial score (nSPS) is 17.6. The third kappa shape index (κ3) is 2.92. The molecule has 1 saturated carbocycles. The molecule has 0 bridgehead atoms. The fourth-order valence-electron chi connectivity index (χ4n) is 2.10. The molecule has 4 nitrogen and oxygen atoms in total. The van der Waals surface area contributed by atoms with Crippen LogP contribution in [-0.4, -0.2) is 22.5 Å². The number of nitrogens with one attached hydrogen (secondary N) is 1. The van der Waals surface area contributed by atoms with Crippen LogP contribution in [0.5, 0.6) is 0 Å². The zero-order valence-corrected chi connectivity index (χ0v) is 10.6. The summed E-state index contributed by atoms with van der Waals surface area (Å²) in [5, 5.41) is 11.5. The average molecular weight is 265 g/mol. The van der Waals surface area contributed by atoms with E-state index in [2.05, 4.69) is 5.32 Å². The lowest BCUT2D eigenvalue weighted by Crippen LogP contribution is -2.43. The molecule has 5 heteroatoms. The van der Waals surface area contributed by atoms with Gasteiger partial charge in [0.25, 0.3) is 0 Å². The van der Waals surface area contributed by atoms with Crippen LogP contribution in [0.15, 0.2) is 24.3 Å². The van der Waals surface area contributed by atoms with Crippen molar-refractivity contribution in [1.82, 2.24) is 5.32 Å². The topological polar surface area (TPSA) is 66.4 Å². The summed E-state index contributed by atoms with van der Waals surface area (Å²) in [6.45, 7) is 1.75. The van der Waals surface area contributed by atoms with Crippen LogP contribution < -0.4 is 5.32 Å². The van der Waals surface area contributed by atoms with Crippen molar-refractivity contribution in [2.75, 3.05) is 0 Å². The van der Waals surface area contributed by atoms with Gasteiger partial charge in [-0.1, -0.05) is 25.1 Å². The Morgan fingerprint density at radius 3 is 2.58 bits per heavy atom. The van der Waals surface area contributed by atoms with E-state index in [1.54, 1.807) is 25.1 Å². The Bertz CT molecular complexity index is 511. The molecule has 1 amide bonds. The predicted octanol–water partition coefficient (Wildman–Crippen LogP) is 2.05. The van der Waals surface area contributed by atoms with Crippen molar-refractivity contribution in [3.63, 3.8) is 0 Å². The van der Waals surface area contributed by atoms with Gasteiger partial charge in [0.1, 0.15) is 11.4 Å². The van der Waals surface area contributed by atoms with Crippen LogP contribution in [0.25, 0.3) is 0 Å². The Morgan fingerprint density at radius 2 is 2.05 bits per heavy atom. The lowest BCUT2D eigenvalue weighted by atomic mass is 9.97. The van der Waals surface area contributed by atoms with E-state index >= 15 is 0 Å². The summed E-state index contributed by atoms with van der Waals surface area (Å²) in [5.74, 6) is -1.98. The average Bonchev–Trinajstić information content (AvgIpc) is 3.10. The van der Waals surface area contributed by atoms with Gasteiger partial charge in [-0.05, 0) is 30.4 Å². The number of rotatable bonds is 5. The first-order valence-corrected chi connectivity index (χ1v) is 6.23. The van der Waals surface area contributed by atoms with Crippen LogP contribution in [0.3, 0.4) is 0 Å². The molecular formula is C14H16FNO3. The first-order chi connectivity index (χ1) is 8.94. The number of hydrogen-bond acceptors (Lipinski definition) is 2. The number of hydrogen-bond donors (Lipinski definition) is 2. The number of carboxylic acids is 1. The molecule has 1 aromatic rings. The summed E-state index contributed by atoms with van der Waals surface area (Å²) >= 11 is 0. The Hall–Kier alpha value is -1.91. The van der Waals surface area contributed by atoms with E-state index in [0.29, 0.717) is 18.4 Å². The smallest absolute Gasteiger partial charge is 0.329 e. The standard InChI is InChI=1S/C14H16FNO3/c1-9(10-4-2-3-5-11(10)15)8-12(17)16-14(6-7-14)13(18)19/h2-5,9H,6-8H2,1H3,(H,16,17)(H,18,19). The van der Waals surface area contributed by atoms with Gasteiger partial charge in [-0.2, -0.15) is 0 Å². The van der Waals surface area contributed by atoms with Gasteiger partial charge in [0, 0.05) is 6.42 Å². The maximum atomic E-state index is 13.5. The molecule has 1 aliphatic rings. The van der Waals surface area contributed by atoms with Crippen molar-refractivity contribution in [3.8, 4) is 0 Å². The van der Waals surface area contributed by atoms with Crippen LogP contribution in [0.4, 0.5) is 4.39 Å². The van der Waals surface area contributed by atoms with Crippen LogP contribution in [0, 0.1) is 5.82 Å².